The number of rotatable bonds is 2. The molecule has 0 saturated heterocycles. The fraction of sp³-hybridized carbons (Fsp3) is 0.143. The first kappa shape index (κ1) is 9.28. The van der Waals surface area contributed by atoms with Crippen molar-refractivity contribution < 1.29 is 9.59 Å². The van der Waals surface area contributed by atoms with E-state index in [2.05, 4.69) is 0 Å². The van der Waals surface area contributed by atoms with E-state index in [1.165, 1.54) is 0 Å². The largest absolute Gasteiger partial charge is 0.302 e. The predicted octanol–water partition coefficient (Wildman–Crippen LogP) is 2.03. The van der Waals surface area contributed by atoms with Crippen molar-refractivity contribution in [3.8, 4) is 0 Å². The van der Waals surface area contributed by atoms with Gasteiger partial charge in [0.25, 0.3) is 0 Å². The van der Waals surface area contributed by atoms with Gasteiger partial charge in [-0.3, -0.25) is 0 Å². The second kappa shape index (κ2) is 3.01. The fourth-order valence-corrected chi connectivity index (χ4v) is 2.60. The molecule has 0 N–H and O–H groups in total. The van der Waals surface area contributed by atoms with Crippen molar-refractivity contribution in [3.63, 3.8) is 0 Å². The third kappa shape index (κ3) is 0.963. The van der Waals surface area contributed by atoms with Crippen molar-refractivity contribution in [2.75, 3.05) is 0 Å². The molecular formula is C14H10O2. The van der Waals surface area contributed by atoms with Gasteiger partial charge in [-0.2, -0.15) is 0 Å². The van der Waals surface area contributed by atoms with Crippen LogP contribution in [0.5, 0.6) is 0 Å². The van der Waals surface area contributed by atoms with Gasteiger partial charge in [-0.25, -0.2) is 0 Å². The molecule has 0 bridgehead atoms. The molecule has 0 aromatic heterocycles. The lowest BCUT2D eigenvalue weighted by molar-refractivity contribution is -0.121. The lowest BCUT2D eigenvalue weighted by atomic mass is 9.84. The molecule has 16 heavy (non-hydrogen) atoms. The summed E-state index contributed by atoms with van der Waals surface area (Å²) in [6.45, 7) is 0. The van der Waals surface area contributed by atoms with Crippen LogP contribution >= 0.6 is 0 Å². The molecule has 78 valence electrons. The molecule has 0 fully saturated rings. The molecule has 2 nitrogen and oxygen atoms in total. The Balaban J connectivity index is 2.45. The van der Waals surface area contributed by atoms with E-state index in [0.29, 0.717) is 6.42 Å². The van der Waals surface area contributed by atoms with Gasteiger partial charge in [-0.05, 0) is 28.3 Å². The molecule has 0 spiro atoms. The Morgan fingerprint density at radius 2 is 1.69 bits per heavy atom. The minimum absolute atomic E-state index is 0.497. The lowest BCUT2D eigenvalue weighted by Crippen LogP contribution is -2.28. The number of aldehydes is 2. The van der Waals surface area contributed by atoms with Crippen LogP contribution in [0.4, 0.5) is 0 Å². The zero-order valence-corrected chi connectivity index (χ0v) is 8.64. The maximum absolute atomic E-state index is 11.2. The normalized spacial score (nSPS) is 16.2. The number of hydrogen-bond acceptors (Lipinski definition) is 2. The van der Waals surface area contributed by atoms with E-state index in [4.69, 9.17) is 0 Å². The first-order valence-corrected chi connectivity index (χ1v) is 5.24. The Morgan fingerprint density at radius 1 is 1.00 bits per heavy atom. The van der Waals surface area contributed by atoms with Crippen LogP contribution < -0.4 is 0 Å². The summed E-state index contributed by atoms with van der Waals surface area (Å²) in [5, 5.41) is 2.17. The molecule has 0 atom stereocenters. The average Bonchev–Trinajstić information content (AvgIpc) is 2.67. The van der Waals surface area contributed by atoms with Crippen molar-refractivity contribution in [1.82, 2.24) is 0 Å². The lowest BCUT2D eigenvalue weighted by Gasteiger charge is -2.15. The Bertz CT molecular complexity index is 585. The Morgan fingerprint density at radius 3 is 2.38 bits per heavy atom. The summed E-state index contributed by atoms with van der Waals surface area (Å²) < 4.78 is 0. The molecule has 0 heterocycles. The van der Waals surface area contributed by atoms with E-state index >= 15 is 0 Å². The molecule has 1 aliphatic carbocycles. The van der Waals surface area contributed by atoms with Gasteiger partial charge in [0.2, 0.25) is 0 Å². The van der Waals surface area contributed by atoms with E-state index in [1.807, 2.05) is 36.4 Å². The summed E-state index contributed by atoms with van der Waals surface area (Å²) in [7, 11) is 0. The van der Waals surface area contributed by atoms with Gasteiger partial charge < -0.3 is 9.59 Å². The monoisotopic (exact) mass is 210 g/mol. The standard InChI is InChI=1S/C14H10O2/c15-8-14(9-16)7-11-5-1-3-10-4-2-6-12(14)13(10)11/h1-6,8-9H,7H2. The highest BCUT2D eigenvalue weighted by Crippen LogP contribution is 2.40. The number of carbonyl (C=O) groups is 2. The molecular weight excluding hydrogens is 200 g/mol. The highest BCUT2D eigenvalue weighted by Gasteiger charge is 2.39. The maximum atomic E-state index is 11.2. The molecule has 2 aromatic carbocycles. The first-order valence-electron chi connectivity index (χ1n) is 5.24. The second-order valence-electron chi connectivity index (χ2n) is 4.27. The number of carbonyl (C=O) groups excluding carboxylic acids is 2. The third-order valence-corrected chi connectivity index (χ3v) is 3.40. The highest BCUT2D eigenvalue weighted by molar-refractivity contribution is 6.04. The van der Waals surface area contributed by atoms with Crippen LogP contribution in [-0.4, -0.2) is 12.6 Å². The van der Waals surface area contributed by atoms with Crippen molar-refractivity contribution in [3.05, 3.63) is 47.5 Å². The minimum atomic E-state index is -0.955. The number of benzene rings is 2. The van der Waals surface area contributed by atoms with Gasteiger partial charge in [0, 0.05) is 0 Å². The Kier molecular flexibility index (Phi) is 1.75. The number of hydrogen-bond donors (Lipinski definition) is 0. The molecule has 2 aromatic rings. The molecule has 0 radical (unpaired) electrons. The molecule has 0 unspecified atom stereocenters. The Hall–Kier alpha value is -1.96. The average molecular weight is 210 g/mol. The van der Waals surface area contributed by atoms with Gasteiger partial charge in [-0.15, -0.1) is 0 Å². The van der Waals surface area contributed by atoms with E-state index in [9.17, 15) is 9.59 Å². The summed E-state index contributed by atoms with van der Waals surface area (Å²) >= 11 is 0. The summed E-state index contributed by atoms with van der Waals surface area (Å²) in [5.74, 6) is 0. The van der Waals surface area contributed by atoms with Crippen molar-refractivity contribution in [1.29, 1.82) is 0 Å². The predicted molar refractivity (Wildman–Crippen MR) is 61.5 cm³/mol. The second-order valence-corrected chi connectivity index (χ2v) is 4.27. The smallest absolute Gasteiger partial charge is 0.138 e. The highest BCUT2D eigenvalue weighted by atomic mass is 16.1. The zero-order valence-electron chi connectivity index (χ0n) is 8.64. The van der Waals surface area contributed by atoms with E-state index < -0.39 is 5.41 Å². The van der Waals surface area contributed by atoms with Crippen LogP contribution in [0.15, 0.2) is 36.4 Å². The van der Waals surface area contributed by atoms with Gasteiger partial charge in [-0.1, -0.05) is 36.4 Å². The summed E-state index contributed by atoms with van der Waals surface area (Å²) in [5.41, 5.74) is 0.987. The molecule has 0 amide bonds. The third-order valence-electron chi connectivity index (χ3n) is 3.40. The summed E-state index contributed by atoms with van der Waals surface area (Å²) in [4.78, 5) is 22.5. The van der Waals surface area contributed by atoms with Gasteiger partial charge in [0.1, 0.15) is 18.0 Å². The van der Waals surface area contributed by atoms with Crippen LogP contribution in [0.25, 0.3) is 10.8 Å². The van der Waals surface area contributed by atoms with E-state index in [0.717, 1.165) is 34.5 Å². The van der Waals surface area contributed by atoms with Crippen molar-refractivity contribution >= 4 is 23.3 Å². The topological polar surface area (TPSA) is 34.1 Å². The van der Waals surface area contributed by atoms with E-state index in [-0.39, 0.29) is 0 Å². The van der Waals surface area contributed by atoms with Crippen molar-refractivity contribution in [2.45, 2.75) is 11.8 Å². The molecule has 2 heteroatoms. The van der Waals surface area contributed by atoms with Gasteiger partial charge >= 0.3 is 0 Å². The zero-order chi connectivity index (χ0) is 11.2. The molecule has 3 rings (SSSR count). The fourth-order valence-electron chi connectivity index (χ4n) is 2.60. The van der Waals surface area contributed by atoms with Crippen LogP contribution in [-0.2, 0) is 21.4 Å². The quantitative estimate of drug-likeness (QED) is 0.561. The maximum Gasteiger partial charge on any atom is 0.138 e. The summed E-state index contributed by atoms with van der Waals surface area (Å²) in [6.07, 6.45) is 2.04. The summed E-state index contributed by atoms with van der Waals surface area (Å²) in [6, 6.07) is 11.7. The molecule has 1 aliphatic rings. The van der Waals surface area contributed by atoms with Crippen LogP contribution in [0.1, 0.15) is 11.1 Å². The first-order chi connectivity index (χ1) is 7.80. The van der Waals surface area contributed by atoms with Crippen LogP contribution in [0, 0.1) is 0 Å². The van der Waals surface area contributed by atoms with Gasteiger partial charge in [0.15, 0.2) is 0 Å². The SMILES string of the molecule is O=CC1(C=O)Cc2cccc3cccc1c23. The van der Waals surface area contributed by atoms with Gasteiger partial charge in [0.05, 0.1) is 0 Å². The minimum Gasteiger partial charge on any atom is -0.302 e. The molecule has 0 saturated carbocycles. The van der Waals surface area contributed by atoms with Crippen LogP contribution in [0.3, 0.4) is 0 Å². The van der Waals surface area contributed by atoms with E-state index in [1.54, 1.807) is 0 Å². The van der Waals surface area contributed by atoms with Crippen molar-refractivity contribution in [2.24, 2.45) is 0 Å². The molecule has 0 aliphatic heterocycles. The van der Waals surface area contributed by atoms with Crippen LogP contribution in [0.2, 0.25) is 0 Å². The Labute approximate surface area is 92.9 Å².